The Morgan fingerprint density at radius 1 is 0.962 bits per heavy atom. The van der Waals surface area contributed by atoms with Gasteiger partial charge in [-0.2, -0.15) is 0 Å². The van der Waals surface area contributed by atoms with Gasteiger partial charge in [-0.25, -0.2) is 0 Å². The summed E-state index contributed by atoms with van der Waals surface area (Å²) in [6, 6.07) is 0. The highest BCUT2D eigenvalue weighted by Gasteiger charge is 2.52. The molecule has 1 fully saturated rings. The van der Waals surface area contributed by atoms with E-state index in [2.05, 4.69) is 6.58 Å². The summed E-state index contributed by atoms with van der Waals surface area (Å²) in [6.45, 7) is 8.10. The predicted octanol–water partition coefficient (Wildman–Crippen LogP) is 0.688. The smallest absolute Gasteiger partial charge is 0.303 e. The molecule has 0 aliphatic carbocycles. The van der Waals surface area contributed by atoms with Crippen LogP contribution in [0.4, 0.5) is 0 Å². The van der Waals surface area contributed by atoms with E-state index in [1.54, 1.807) is 6.08 Å². The SMILES string of the molecule is C=CCC1OC(C(COC(C)=O)OC(C)=O)C(OC(C)=O)C1OC(C)=O. The lowest BCUT2D eigenvalue weighted by atomic mass is 10.0. The second-order valence-electron chi connectivity index (χ2n) is 5.76. The third-order valence-electron chi connectivity index (χ3n) is 3.48. The molecule has 5 unspecified atom stereocenters. The normalized spacial score (nSPS) is 25.7. The quantitative estimate of drug-likeness (QED) is 0.345. The van der Waals surface area contributed by atoms with E-state index in [1.165, 1.54) is 27.7 Å². The second-order valence-corrected chi connectivity index (χ2v) is 5.76. The van der Waals surface area contributed by atoms with Gasteiger partial charge in [-0.1, -0.05) is 6.08 Å². The summed E-state index contributed by atoms with van der Waals surface area (Å²) in [4.78, 5) is 45.5. The van der Waals surface area contributed by atoms with Gasteiger partial charge in [-0.3, -0.25) is 19.2 Å². The monoisotopic (exact) mass is 372 g/mol. The molecular weight excluding hydrogens is 348 g/mol. The fourth-order valence-corrected chi connectivity index (χ4v) is 2.68. The summed E-state index contributed by atoms with van der Waals surface area (Å²) >= 11 is 0. The molecule has 0 radical (unpaired) electrons. The molecule has 0 saturated carbocycles. The van der Waals surface area contributed by atoms with Crippen LogP contribution >= 0.6 is 0 Å². The zero-order valence-electron chi connectivity index (χ0n) is 15.3. The van der Waals surface area contributed by atoms with Gasteiger partial charge in [0.2, 0.25) is 0 Å². The third-order valence-corrected chi connectivity index (χ3v) is 3.48. The molecule has 5 atom stereocenters. The molecule has 0 aromatic rings. The van der Waals surface area contributed by atoms with Crippen LogP contribution in [0.3, 0.4) is 0 Å². The first-order chi connectivity index (χ1) is 12.1. The van der Waals surface area contributed by atoms with Gasteiger partial charge in [0.1, 0.15) is 18.8 Å². The first-order valence-electron chi connectivity index (χ1n) is 8.07. The molecular formula is C17H24O9. The van der Waals surface area contributed by atoms with Gasteiger partial charge >= 0.3 is 23.9 Å². The second kappa shape index (κ2) is 9.91. The van der Waals surface area contributed by atoms with E-state index in [1.807, 2.05) is 0 Å². The maximum absolute atomic E-state index is 11.5. The zero-order valence-corrected chi connectivity index (χ0v) is 15.3. The molecule has 0 amide bonds. The fourth-order valence-electron chi connectivity index (χ4n) is 2.68. The van der Waals surface area contributed by atoms with Crippen LogP contribution in [-0.2, 0) is 42.9 Å². The van der Waals surface area contributed by atoms with Gasteiger partial charge in [-0.15, -0.1) is 6.58 Å². The molecule has 146 valence electrons. The van der Waals surface area contributed by atoms with Crippen LogP contribution in [0.25, 0.3) is 0 Å². The van der Waals surface area contributed by atoms with Crippen molar-refractivity contribution in [2.45, 2.75) is 64.6 Å². The Labute approximate surface area is 151 Å². The van der Waals surface area contributed by atoms with Crippen LogP contribution in [0.15, 0.2) is 12.7 Å². The zero-order chi connectivity index (χ0) is 19.9. The van der Waals surface area contributed by atoms with E-state index < -0.39 is 54.4 Å². The average Bonchev–Trinajstić information content (AvgIpc) is 2.80. The average molecular weight is 372 g/mol. The Bertz CT molecular complexity index is 556. The summed E-state index contributed by atoms with van der Waals surface area (Å²) in [6.07, 6.45) is -2.81. The molecule has 1 heterocycles. The van der Waals surface area contributed by atoms with Crippen molar-refractivity contribution >= 4 is 23.9 Å². The molecule has 1 saturated heterocycles. The number of ether oxygens (including phenoxy) is 5. The maximum atomic E-state index is 11.5. The fraction of sp³-hybridized carbons (Fsp3) is 0.647. The summed E-state index contributed by atoms with van der Waals surface area (Å²) in [5.74, 6) is -2.43. The topological polar surface area (TPSA) is 114 Å². The lowest BCUT2D eigenvalue weighted by Crippen LogP contribution is -2.46. The maximum Gasteiger partial charge on any atom is 0.303 e. The van der Waals surface area contributed by atoms with E-state index in [0.717, 1.165) is 0 Å². The first-order valence-corrected chi connectivity index (χ1v) is 8.07. The Hall–Kier alpha value is -2.42. The summed E-state index contributed by atoms with van der Waals surface area (Å²) in [5, 5.41) is 0. The number of esters is 4. The molecule has 1 rings (SSSR count). The molecule has 0 bridgehead atoms. The minimum atomic E-state index is -1.05. The lowest BCUT2D eigenvalue weighted by molar-refractivity contribution is -0.176. The van der Waals surface area contributed by atoms with Gasteiger partial charge in [-0.05, 0) is 6.42 Å². The van der Waals surface area contributed by atoms with Crippen molar-refractivity contribution in [3.63, 3.8) is 0 Å². The molecule has 0 aromatic carbocycles. The molecule has 1 aliphatic rings. The van der Waals surface area contributed by atoms with Gasteiger partial charge in [0.05, 0.1) is 0 Å². The Balaban J connectivity index is 3.15. The number of rotatable bonds is 8. The number of hydrogen-bond acceptors (Lipinski definition) is 9. The summed E-state index contributed by atoms with van der Waals surface area (Å²) in [5.41, 5.74) is 0. The van der Waals surface area contributed by atoms with Crippen LogP contribution in [0.1, 0.15) is 34.1 Å². The van der Waals surface area contributed by atoms with E-state index in [4.69, 9.17) is 23.7 Å². The van der Waals surface area contributed by atoms with Crippen molar-refractivity contribution in [3.05, 3.63) is 12.7 Å². The highest BCUT2D eigenvalue weighted by atomic mass is 16.7. The van der Waals surface area contributed by atoms with E-state index in [-0.39, 0.29) is 6.61 Å². The summed E-state index contributed by atoms with van der Waals surface area (Å²) in [7, 11) is 0. The molecule has 0 aromatic heterocycles. The first kappa shape index (κ1) is 21.6. The van der Waals surface area contributed by atoms with Gasteiger partial charge in [0, 0.05) is 27.7 Å². The van der Waals surface area contributed by atoms with Crippen molar-refractivity contribution in [3.8, 4) is 0 Å². The predicted molar refractivity (Wildman–Crippen MR) is 86.8 cm³/mol. The molecule has 26 heavy (non-hydrogen) atoms. The van der Waals surface area contributed by atoms with E-state index in [0.29, 0.717) is 6.42 Å². The molecule has 0 spiro atoms. The number of carbonyl (C=O) groups is 4. The van der Waals surface area contributed by atoms with Crippen LogP contribution in [0.2, 0.25) is 0 Å². The van der Waals surface area contributed by atoms with Crippen LogP contribution < -0.4 is 0 Å². The Morgan fingerprint density at radius 3 is 2.00 bits per heavy atom. The van der Waals surface area contributed by atoms with Crippen molar-refractivity contribution in [2.24, 2.45) is 0 Å². The van der Waals surface area contributed by atoms with Crippen molar-refractivity contribution in [1.29, 1.82) is 0 Å². The molecule has 9 nitrogen and oxygen atoms in total. The molecule has 0 N–H and O–H groups in total. The number of carbonyl (C=O) groups excluding carboxylic acids is 4. The van der Waals surface area contributed by atoms with Crippen LogP contribution in [-0.4, -0.2) is 61.0 Å². The van der Waals surface area contributed by atoms with Crippen LogP contribution in [0.5, 0.6) is 0 Å². The minimum Gasteiger partial charge on any atom is -0.462 e. The highest BCUT2D eigenvalue weighted by molar-refractivity contribution is 5.68. The van der Waals surface area contributed by atoms with Crippen molar-refractivity contribution in [2.75, 3.05) is 6.61 Å². The third kappa shape index (κ3) is 6.47. The standard InChI is InChI=1S/C17H24O9/c1-6-7-13-15(24-11(4)20)17(25-12(5)21)16(26-13)14(23-10(3)19)8-22-9(2)18/h6,13-17H,1,7-8H2,2-5H3. The van der Waals surface area contributed by atoms with Gasteiger partial charge in [0.15, 0.2) is 18.3 Å². The largest absolute Gasteiger partial charge is 0.462 e. The molecule has 1 aliphatic heterocycles. The lowest BCUT2D eigenvalue weighted by Gasteiger charge is -2.27. The Morgan fingerprint density at radius 2 is 1.54 bits per heavy atom. The summed E-state index contributed by atoms with van der Waals surface area (Å²) < 4.78 is 26.5. The minimum absolute atomic E-state index is 0.298. The van der Waals surface area contributed by atoms with Crippen molar-refractivity contribution < 1.29 is 42.9 Å². The van der Waals surface area contributed by atoms with Crippen molar-refractivity contribution in [1.82, 2.24) is 0 Å². The Kier molecular flexibility index (Phi) is 8.24. The van der Waals surface area contributed by atoms with E-state index >= 15 is 0 Å². The highest BCUT2D eigenvalue weighted by Crippen LogP contribution is 2.32. The molecule has 9 heteroatoms. The van der Waals surface area contributed by atoms with Gasteiger partial charge < -0.3 is 23.7 Å². The van der Waals surface area contributed by atoms with E-state index in [9.17, 15) is 19.2 Å². The van der Waals surface area contributed by atoms with Crippen LogP contribution in [0, 0.1) is 0 Å². The van der Waals surface area contributed by atoms with Gasteiger partial charge in [0.25, 0.3) is 0 Å². The number of hydrogen-bond donors (Lipinski definition) is 0.